The Morgan fingerprint density at radius 3 is 3.00 bits per heavy atom. The first-order valence-electron chi connectivity index (χ1n) is 4.72. The van der Waals surface area contributed by atoms with Gasteiger partial charge in [-0.2, -0.15) is 0 Å². The van der Waals surface area contributed by atoms with Crippen LogP contribution in [0.2, 0.25) is 0 Å². The van der Waals surface area contributed by atoms with Gasteiger partial charge in [-0.05, 0) is 22.4 Å². The molecule has 0 saturated heterocycles. The third-order valence-electron chi connectivity index (χ3n) is 2.33. The number of rotatable bonds is 3. The van der Waals surface area contributed by atoms with Crippen molar-refractivity contribution in [3.8, 4) is 0 Å². The highest BCUT2D eigenvalue weighted by Gasteiger charge is 2.13. The molecule has 2 aromatic rings. The summed E-state index contributed by atoms with van der Waals surface area (Å²) in [4.78, 5) is 12.6. The van der Waals surface area contributed by atoms with Crippen LogP contribution in [0.1, 0.15) is 19.4 Å². The molecule has 0 aromatic carbocycles. The number of halogens is 1. The van der Waals surface area contributed by atoms with Gasteiger partial charge in [0, 0.05) is 0 Å². The Labute approximate surface area is 95.3 Å². The van der Waals surface area contributed by atoms with E-state index in [0.717, 1.165) is 6.42 Å². The van der Waals surface area contributed by atoms with Gasteiger partial charge in [0.25, 0.3) is 0 Å². The maximum Gasteiger partial charge on any atom is 0.197 e. The molecule has 2 aromatic heterocycles. The van der Waals surface area contributed by atoms with Crippen molar-refractivity contribution in [2.45, 2.75) is 19.4 Å². The fraction of sp³-hybridized carbons (Fsp3) is 0.444. The molecule has 1 atom stereocenters. The molecule has 80 valence electrons. The van der Waals surface area contributed by atoms with E-state index in [1.807, 2.05) is 11.5 Å². The zero-order chi connectivity index (χ0) is 10.8. The van der Waals surface area contributed by atoms with Crippen molar-refractivity contribution in [2.24, 2.45) is 0 Å². The van der Waals surface area contributed by atoms with Gasteiger partial charge in [-0.1, -0.05) is 6.92 Å². The normalized spacial score (nSPS) is 13.3. The van der Waals surface area contributed by atoms with Crippen LogP contribution < -0.4 is 0 Å². The summed E-state index contributed by atoms with van der Waals surface area (Å²) in [5, 5.41) is 9.22. The first-order chi connectivity index (χ1) is 7.26. The van der Waals surface area contributed by atoms with Gasteiger partial charge in [0.2, 0.25) is 0 Å². The molecule has 0 radical (unpaired) electrons. The molecule has 0 aliphatic rings. The second-order valence-electron chi connectivity index (χ2n) is 3.24. The minimum Gasteiger partial charge on any atom is -0.394 e. The third kappa shape index (κ3) is 1.87. The zero-order valence-electron chi connectivity index (χ0n) is 8.26. The van der Waals surface area contributed by atoms with Crippen LogP contribution in [0.25, 0.3) is 11.3 Å². The lowest BCUT2D eigenvalue weighted by molar-refractivity contribution is 0.226. The van der Waals surface area contributed by atoms with Gasteiger partial charge in [0.1, 0.15) is 4.60 Å². The van der Waals surface area contributed by atoms with Crippen molar-refractivity contribution in [3.05, 3.63) is 17.1 Å². The molecule has 0 fully saturated rings. The Morgan fingerprint density at radius 2 is 2.33 bits per heavy atom. The molecule has 0 spiro atoms. The number of fused-ring (bicyclic) bond motifs is 1. The van der Waals surface area contributed by atoms with E-state index in [0.29, 0.717) is 15.9 Å². The van der Waals surface area contributed by atoms with Gasteiger partial charge in [0.15, 0.2) is 11.3 Å². The van der Waals surface area contributed by atoms with Crippen LogP contribution in [0.4, 0.5) is 0 Å². The highest BCUT2D eigenvalue weighted by molar-refractivity contribution is 9.10. The van der Waals surface area contributed by atoms with Crippen LogP contribution in [-0.2, 0) is 0 Å². The largest absolute Gasteiger partial charge is 0.394 e. The van der Waals surface area contributed by atoms with Crippen molar-refractivity contribution < 1.29 is 5.11 Å². The van der Waals surface area contributed by atoms with E-state index in [1.165, 1.54) is 0 Å². The van der Waals surface area contributed by atoms with Crippen LogP contribution in [0, 0.1) is 0 Å². The number of hydrogen-bond acceptors (Lipinski definition) is 4. The first-order valence-corrected chi connectivity index (χ1v) is 5.51. The van der Waals surface area contributed by atoms with Crippen LogP contribution in [0.5, 0.6) is 0 Å². The van der Waals surface area contributed by atoms with E-state index in [4.69, 9.17) is 0 Å². The average molecular weight is 271 g/mol. The summed E-state index contributed by atoms with van der Waals surface area (Å²) in [6.07, 6.45) is 4.11. The number of imidazole rings is 1. The summed E-state index contributed by atoms with van der Waals surface area (Å²) in [7, 11) is 0. The summed E-state index contributed by atoms with van der Waals surface area (Å²) in [6.45, 7) is 2.09. The van der Waals surface area contributed by atoms with Crippen LogP contribution in [-0.4, -0.2) is 31.2 Å². The van der Waals surface area contributed by atoms with Gasteiger partial charge in [-0.15, -0.1) is 0 Å². The minimum atomic E-state index is 0.0126. The van der Waals surface area contributed by atoms with Gasteiger partial charge in [-0.3, -0.25) is 0 Å². The highest BCUT2D eigenvalue weighted by atomic mass is 79.9. The molecule has 0 aliphatic heterocycles. The molecule has 0 saturated carbocycles. The molecule has 0 aliphatic carbocycles. The zero-order valence-corrected chi connectivity index (χ0v) is 9.85. The SMILES string of the molecule is CC[C@H](CO)n1cnc2ncc(Br)nc21. The lowest BCUT2D eigenvalue weighted by Gasteiger charge is -2.13. The molecule has 2 rings (SSSR count). The van der Waals surface area contributed by atoms with E-state index in [2.05, 4.69) is 30.9 Å². The number of aliphatic hydroxyl groups excluding tert-OH is 1. The van der Waals surface area contributed by atoms with Gasteiger partial charge >= 0.3 is 0 Å². The summed E-state index contributed by atoms with van der Waals surface area (Å²) < 4.78 is 2.53. The molecular weight excluding hydrogens is 260 g/mol. The first kappa shape index (κ1) is 10.5. The minimum absolute atomic E-state index is 0.0126. The fourth-order valence-corrected chi connectivity index (χ4v) is 1.74. The predicted molar refractivity (Wildman–Crippen MR) is 59.4 cm³/mol. The van der Waals surface area contributed by atoms with E-state index in [1.54, 1.807) is 12.5 Å². The number of nitrogens with zero attached hydrogens (tertiary/aromatic N) is 4. The standard InChI is InChI=1S/C9H11BrN4O/c1-2-6(4-15)14-5-12-8-9(14)13-7(10)3-11-8/h3,5-6,15H,2,4H2,1H3/t6-/m1/s1. The molecular formula is C9H11BrN4O. The van der Waals surface area contributed by atoms with E-state index in [-0.39, 0.29) is 12.6 Å². The Kier molecular flexibility index (Phi) is 2.97. The molecule has 5 nitrogen and oxygen atoms in total. The van der Waals surface area contributed by atoms with Gasteiger partial charge in [-0.25, -0.2) is 15.0 Å². The summed E-state index contributed by atoms with van der Waals surface area (Å²) >= 11 is 3.27. The van der Waals surface area contributed by atoms with Crippen molar-refractivity contribution in [1.82, 2.24) is 19.5 Å². The van der Waals surface area contributed by atoms with E-state index in [9.17, 15) is 5.11 Å². The van der Waals surface area contributed by atoms with Crippen molar-refractivity contribution in [1.29, 1.82) is 0 Å². The Bertz CT molecular complexity index is 466. The summed E-state index contributed by atoms with van der Waals surface area (Å²) in [5.74, 6) is 0. The van der Waals surface area contributed by atoms with Crippen molar-refractivity contribution in [2.75, 3.05) is 6.61 Å². The molecule has 0 amide bonds. The summed E-state index contributed by atoms with van der Waals surface area (Å²) in [6, 6.07) is 0.0126. The maximum atomic E-state index is 9.22. The summed E-state index contributed by atoms with van der Waals surface area (Å²) in [5.41, 5.74) is 1.30. The quantitative estimate of drug-likeness (QED) is 0.919. The molecule has 6 heteroatoms. The van der Waals surface area contributed by atoms with E-state index >= 15 is 0 Å². The van der Waals surface area contributed by atoms with Crippen LogP contribution >= 0.6 is 15.9 Å². The number of aliphatic hydroxyl groups is 1. The molecule has 0 unspecified atom stereocenters. The Balaban J connectivity index is 2.55. The molecule has 1 N–H and O–H groups in total. The topological polar surface area (TPSA) is 63.8 Å². The Morgan fingerprint density at radius 1 is 1.53 bits per heavy atom. The monoisotopic (exact) mass is 270 g/mol. The Hall–Kier alpha value is -1.01. The molecule has 2 heterocycles. The van der Waals surface area contributed by atoms with Crippen LogP contribution in [0.3, 0.4) is 0 Å². The van der Waals surface area contributed by atoms with E-state index < -0.39 is 0 Å². The fourth-order valence-electron chi connectivity index (χ4n) is 1.47. The maximum absolute atomic E-state index is 9.22. The highest BCUT2D eigenvalue weighted by Crippen LogP contribution is 2.18. The lowest BCUT2D eigenvalue weighted by Crippen LogP contribution is -2.11. The third-order valence-corrected chi connectivity index (χ3v) is 2.71. The predicted octanol–water partition coefficient (Wildman–Crippen LogP) is 1.53. The number of aromatic nitrogens is 4. The average Bonchev–Trinajstić information content (AvgIpc) is 2.64. The van der Waals surface area contributed by atoms with Crippen molar-refractivity contribution >= 4 is 27.2 Å². The number of hydrogen-bond donors (Lipinski definition) is 1. The smallest absolute Gasteiger partial charge is 0.197 e. The molecule has 0 bridgehead atoms. The van der Waals surface area contributed by atoms with Crippen LogP contribution in [0.15, 0.2) is 17.1 Å². The van der Waals surface area contributed by atoms with Gasteiger partial charge in [0.05, 0.1) is 25.2 Å². The lowest BCUT2D eigenvalue weighted by atomic mass is 10.2. The van der Waals surface area contributed by atoms with Crippen molar-refractivity contribution in [3.63, 3.8) is 0 Å². The molecule has 15 heavy (non-hydrogen) atoms. The van der Waals surface area contributed by atoms with Gasteiger partial charge < -0.3 is 9.67 Å². The second kappa shape index (κ2) is 4.24. The second-order valence-corrected chi connectivity index (χ2v) is 4.05.